The largest absolute Gasteiger partial charge is 0.359 e. The summed E-state index contributed by atoms with van der Waals surface area (Å²) in [6.07, 6.45) is 2.60. The second-order valence-electron chi connectivity index (χ2n) is 7.29. The van der Waals surface area contributed by atoms with Crippen molar-refractivity contribution in [2.24, 2.45) is 5.41 Å². The van der Waals surface area contributed by atoms with E-state index >= 15 is 0 Å². The third-order valence-electron chi connectivity index (χ3n) is 5.72. The van der Waals surface area contributed by atoms with Crippen molar-refractivity contribution in [3.63, 3.8) is 0 Å². The topological polar surface area (TPSA) is 49.4 Å². The minimum absolute atomic E-state index is 0.0777. The molecule has 0 unspecified atom stereocenters. The van der Waals surface area contributed by atoms with Gasteiger partial charge in [-0.3, -0.25) is 9.59 Å². The van der Waals surface area contributed by atoms with Gasteiger partial charge in [-0.1, -0.05) is 61.5 Å². The molecule has 1 aliphatic heterocycles. The predicted molar refractivity (Wildman–Crippen MR) is 108 cm³/mol. The number of hydrogen-bond donors (Lipinski definition) is 1. The zero-order valence-electron chi connectivity index (χ0n) is 16.2. The molecule has 2 aromatic rings. The Labute approximate surface area is 161 Å². The molecule has 0 radical (unpaired) electrons. The second kappa shape index (κ2) is 8.38. The number of rotatable bonds is 5. The van der Waals surface area contributed by atoms with Gasteiger partial charge in [0.1, 0.15) is 0 Å². The van der Waals surface area contributed by atoms with Crippen LogP contribution >= 0.6 is 0 Å². The zero-order valence-corrected chi connectivity index (χ0v) is 16.2. The van der Waals surface area contributed by atoms with Gasteiger partial charge >= 0.3 is 0 Å². The highest BCUT2D eigenvalue weighted by Gasteiger charge is 2.42. The van der Waals surface area contributed by atoms with Crippen molar-refractivity contribution in [2.75, 3.05) is 20.1 Å². The van der Waals surface area contributed by atoms with Gasteiger partial charge in [0, 0.05) is 26.6 Å². The van der Waals surface area contributed by atoms with Gasteiger partial charge in [0.15, 0.2) is 0 Å². The van der Waals surface area contributed by atoms with Crippen molar-refractivity contribution < 1.29 is 9.59 Å². The maximum atomic E-state index is 12.9. The first-order valence-electron chi connectivity index (χ1n) is 9.73. The Kier molecular flexibility index (Phi) is 5.94. The Bertz CT molecular complexity index is 793. The van der Waals surface area contributed by atoms with E-state index in [1.54, 1.807) is 7.05 Å². The highest BCUT2D eigenvalue weighted by molar-refractivity contribution is 5.84. The van der Waals surface area contributed by atoms with E-state index in [4.69, 9.17) is 0 Å². The summed E-state index contributed by atoms with van der Waals surface area (Å²) in [5, 5.41) is 2.87. The number of amides is 2. The van der Waals surface area contributed by atoms with E-state index in [0.29, 0.717) is 38.8 Å². The van der Waals surface area contributed by atoms with Crippen LogP contribution < -0.4 is 5.32 Å². The Morgan fingerprint density at radius 3 is 2.26 bits per heavy atom. The molecule has 1 N–H and O–H groups in total. The van der Waals surface area contributed by atoms with E-state index < -0.39 is 5.41 Å². The monoisotopic (exact) mass is 364 g/mol. The van der Waals surface area contributed by atoms with Gasteiger partial charge in [-0.25, -0.2) is 0 Å². The SMILES string of the molecule is CCC(=O)N1CCC(Cc2ccccc2-c2ccccc2)(C(=O)NC)CC1. The third-order valence-corrected chi connectivity index (χ3v) is 5.72. The first kappa shape index (κ1) is 19.2. The Morgan fingerprint density at radius 2 is 1.63 bits per heavy atom. The summed E-state index contributed by atoms with van der Waals surface area (Å²) >= 11 is 0. The number of nitrogens with zero attached hydrogens (tertiary/aromatic N) is 1. The van der Waals surface area contributed by atoms with E-state index in [2.05, 4.69) is 29.6 Å². The lowest BCUT2D eigenvalue weighted by atomic mass is 9.72. The molecule has 1 fully saturated rings. The van der Waals surface area contributed by atoms with E-state index in [-0.39, 0.29) is 11.8 Å². The molecule has 27 heavy (non-hydrogen) atoms. The van der Waals surface area contributed by atoms with Crippen molar-refractivity contribution in [2.45, 2.75) is 32.6 Å². The van der Waals surface area contributed by atoms with Crippen LogP contribution in [0.5, 0.6) is 0 Å². The van der Waals surface area contributed by atoms with Gasteiger partial charge in [0.2, 0.25) is 11.8 Å². The molecular formula is C23H28N2O2. The van der Waals surface area contributed by atoms with Gasteiger partial charge in [-0.05, 0) is 36.0 Å². The summed E-state index contributed by atoms with van der Waals surface area (Å²) in [6, 6.07) is 18.6. The number of likely N-dealkylation sites (tertiary alicyclic amines) is 1. The molecule has 1 aliphatic rings. The maximum absolute atomic E-state index is 12.9. The highest BCUT2D eigenvalue weighted by atomic mass is 16.2. The van der Waals surface area contributed by atoms with Crippen LogP contribution in [0.3, 0.4) is 0 Å². The van der Waals surface area contributed by atoms with E-state index in [1.807, 2.05) is 42.2 Å². The molecule has 4 heteroatoms. The fourth-order valence-corrected chi connectivity index (χ4v) is 4.10. The normalized spacial score (nSPS) is 16.0. The molecule has 4 nitrogen and oxygen atoms in total. The lowest BCUT2D eigenvalue weighted by Crippen LogP contribution is -2.50. The Balaban J connectivity index is 1.89. The highest BCUT2D eigenvalue weighted by Crippen LogP contribution is 2.38. The van der Waals surface area contributed by atoms with Crippen LogP contribution in [0.2, 0.25) is 0 Å². The molecule has 142 valence electrons. The summed E-state index contributed by atoms with van der Waals surface area (Å²) in [4.78, 5) is 26.8. The second-order valence-corrected chi connectivity index (χ2v) is 7.29. The van der Waals surface area contributed by atoms with Crippen molar-refractivity contribution in [1.29, 1.82) is 0 Å². The molecular weight excluding hydrogens is 336 g/mol. The summed E-state index contributed by atoms with van der Waals surface area (Å²) in [5.74, 6) is 0.249. The number of carbonyl (C=O) groups excluding carboxylic acids is 2. The molecule has 2 aromatic carbocycles. The molecule has 3 rings (SSSR count). The fourth-order valence-electron chi connectivity index (χ4n) is 4.10. The Morgan fingerprint density at radius 1 is 1.00 bits per heavy atom. The quantitative estimate of drug-likeness (QED) is 0.880. The third kappa shape index (κ3) is 4.05. The molecule has 0 aliphatic carbocycles. The number of benzene rings is 2. The van der Waals surface area contributed by atoms with E-state index in [9.17, 15) is 9.59 Å². The molecule has 0 aromatic heterocycles. The minimum atomic E-state index is -0.468. The average Bonchev–Trinajstić information content (AvgIpc) is 2.74. The number of piperidine rings is 1. The van der Waals surface area contributed by atoms with Crippen LogP contribution in [-0.4, -0.2) is 36.9 Å². The Hall–Kier alpha value is -2.62. The number of nitrogens with one attached hydrogen (secondary N) is 1. The molecule has 0 saturated carbocycles. The van der Waals surface area contributed by atoms with Gasteiger partial charge in [-0.15, -0.1) is 0 Å². The molecule has 0 atom stereocenters. The molecule has 0 spiro atoms. The summed E-state index contributed by atoms with van der Waals surface area (Å²) < 4.78 is 0. The van der Waals surface area contributed by atoms with Crippen molar-refractivity contribution in [3.8, 4) is 11.1 Å². The van der Waals surface area contributed by atoms with Crippen LogP contribution in [0.4, 0.5) is 0 Å². The molecule has 1 heterocycles. The molecule has 0 bridgehead atoms. The molecule has 2 amide bonds. The van der Waals surface area contributed by atoms with Crippen LogP contribution in [0.25, 0.3) is 11.1 Å². The van der Waals surface area contributed by atoms with Crippen molar-refractivity contribution in [1.82, 2.24) is 10.2 Å². The lowest BCUT2D eigenvalue weighted by Gasteiger charge is -2.41. The van der Waals surface area contributed by atoms with Crippen LogP contribution in [0.1, 0.15) is 31.7 Å². The van der Waals surface area contributed by atoms with Crippen molar-refractivity contribution >= 4 is 11.8 Å². The lowest BCUT2D eigenvalue weighted by molar-refractivity contribution is -0.140. The summed E-state index contributed by atoms with van der Waals surface area (Å²) in [5.41, 5.74) is 3.05. The van der Waals surface area contributed by atoms with Crippen molar-refractivity contribution in [3.05, 3.63) is 60.2 Å². The average molecular weight is 364 g/mol. The zero-order chi connectivity index (χ0) is 19.3. The molecule has 1 saturated heterocycles. The van der Waals surface area contributed by atoms with Crippen LogP contribution in [0, 0.1) is 5.41 Å². The fraction of sp³-hybridized carbons (Fsp3) is 0.391. The maximum Gasteiger partial charge on any atom is 0.226 e. The minimum Gasteiger partial charge on any atom is -0.359 e. The van der Waals surface area contributed by atoms with E-state index in [0.717, 1.165) is 0 Å². The number of carbonyl (C=O) groups is 2. The smallest absolute Gasteiger partial charge is 0.226 e. The number of hydrogen-bond acceptors (Lipinski definition) is 2. The van der Waals surface area contributed by atoms with Gasteiger partial charge < -0.3 is 10.2 Å². The standard InChI is InChI=1S/C23H28N2O2/c1-3-21(26)25-15-13-23(14-16-25,22(27)24-2)17-19-11-7-8-12-20(19)18-9-5-4-6-10-18/h4-12H,3,13-17H2,1-2H3,(H,24,27). The summed E-state index contributed by atoms with van der Waals surface area (Å²) in [7, 11) is 1.71. The summed E-state index contributed by atoms with van der Waals surface area (Å²) in [6.45, 7) is 3.18. The van der Waals surface area contributed by atoms with Gasteiger partial charge in [-0.2, -0.15) is 0 Å². The van der Waals surface area contributed by atoms with E-state index in [1.165, 1.54) is 16.7 Å². The predicted octanol–water partition coefficient (Wildman–Crippen LogP) is 3.66. The first-order valence-corrected chi connectivity index (χ1v) is 9.73. The van der Waals surface area contributed by atoms with Crippen LogP contribution in [-0.2, 0) is 16.0 Å². The van der Waals surface area contributed by atoms with Crippen LogP contribution in [0.15, 0.2) is 54.6 Å². The first-order chi connectivity index (χ1) is 13.1. The van der Waals surface area contributed by atoms with Gasteiger partial charge in [0.25, 0.3) is 0 Å². The van der Waals surface area contributed by atoms with Gasteiger partial charge in [0.05, 0.1) is 5.41 Å².